The predicted octanol–water partition coefficient (Wildman–Crippen LogP) is 6.41. The monoisotopic (exact) mass is 618 g/mol. The molecule has 5 rings (SSSR count). The number of benzene rings is 1. The summed E-state index contributed by atoms with van der Waals surface area (Å²) >= 11 is 4.61. The van der Waals surface area contributed by atoms with Crippen molar-refractivity contribution in [1.82, 2.24) is 23.9 Å². The maximum absolute atomic E-state index is 13.8. The Morgan fingerprint density at radius 2 is 1.88 bits per heavy atom. The molecular weight excluding hydrogens is 580 g/mol. The van der Waals surface area contributed by atoms with Gasteiger partial charge in [-0.1, -0.05) is 12.6 Å². The number of alkyl halides is 4. The second-order valence-electron chi connectivity index (χ2n) is 11.3. The van der Waals surface area contributed by atoms with Crippen molar-refractivity contribution in [3.8, 4) is 0 Å². The van der Waals surface area contributed by atoms with Gasteiger partial charge in [0.05, 0.1) is 37.2 Å². The molecule has 232 valence electrons. The predicted molar refractivity (Wildman–Crippen MR) is 170 cm³/mol. The number of aromatic nitrogens is 2. The van der Waals surface area contributed by atoms with Crippen LogP contribution in [-0.2, 0) is 13.6 Å². The van der Waals surface area contributed by atoms with Crippen molar-refractivity contribution in [3.05, 3.63) is 72.5 Å². The number of nitrogens with one attached hydrogen (secondary N) is 2. The number of thiol groups is 1. The molecule has 43 heavy (non-hydrogen) atoms. The molecule has 0 fully saturated rings. The molecule has 2 aliphatic heterocycles. The molecule has 2 N–H and O–H groups in total. The molecule has 0 radical (unpaired) electrons. The number of amidine groups is 1. The number of hydrazine groups is 1. The summed E-state index contributed by atoms with van der Waals surface area (Å²) in [5, 5.41) is 9.48. The van der Waals surface area contributed by atoms with Crippen LogP contribution in [-0.4, -0.2) is 68.6 Å². The number of aryl methyl sites for hydroxylation is 1. The highest BCUT2D eigenvalue weighted by molar-refractivity contribution is 7.77. The zero-order valence-electron chi connectivity index (χ0n) is 25.0. The highest BCUT2D eigenvalue weighted by atomic mass is 32.1. The molecule has 0 saturated carbocycles. The summed E-state index contributed by atoms with van der Waals surface area (Å²) in [7, 11) is 2.43. The Labute approximate surface area is 255 Å². The van der Waals surface area contributed by atoms with Gasteiger partial charge in [-0.3, -0.25) is 13.8 Å². The van der Waals surface area contributed by atoms with Crippen LogP contribution in [0.15, 0.2) is 71.2 Å². The lowest BCUT2D eigenvalue weighted by Crippen LogP contribution is -2.49. The van der Waals surface area contributed by atoms with Crippen molar-refractivity contribution in [1.29, 1.82) is 0 Å². The Morgan fingerprint density at radius 3 is 2.51 bits per heavy atom. The zero-order chi connectivity index (χ0) is 31.5. The number of aliphatic imine (C=N–C) groups is 2. The van der Waals surface area contributed by atoms with E-state index in [1.807, 2.05) is 42.3 Å². The quantitative estimate of drug-likeness (QED) is 0.202. The third kappa shape index (κ3) is 7.63. The number of halogens is 4. The molecule has 2 aromatic heterocycles. The van der Waals surface area contributed by atoms with E-state index in [2.05, 4.69) is 65.8 Å². The minimum Gasteiger partial charge on any atom is -0.380 e. The van der Waals surface area contributed by atoms with Gasteiger partial charge in [0.25, 0.3) is 0 Å². The summed E-state index contributed by atoms with van der Waals surface area (Å²) in [6, 6.07) is 9.02. The Bertz CT molecular complexity index is 1560. The molecule has 0 spiro atoms. The molecule has 0 atom stereocenters. The van der Waals surface area contributed by atoms with Crippen molar-refractivity contribution >= 4 is 46.6 Å². The van der Waals surface area contributed by atoms with E-state index in [1.54, 1.807) is 22.6 Å². The Balaban J connectivity index is 0.00000207. The van der Waals surface area contributed by atoms with Crippen LogP contribution in [0.2, 0.25) is 0 Å². The first kappa shape index (κ1) is 32.2. The minimum absolute atomic E-state index is 0.0980. The summed E-state index contributed by atoms with van der Waals surface area (Å²) in [5.74, 6) is 0.290. The highest BCUT2D eigenvalue weighted by Gasteiger charge is 2.32. The SMILES string of the molecule is C=C(NCC1=NC(c2cc3c(NC4=CN(S)N(C(C)(C)C)CC4)cccc3n2CC(F)(F)F)=NC1)c1ccn(C)c1.CF. The molecule has 0 amide bonds. The summed E-state index contributed by atoms with van der Waals surface area (Å²) in [6.07, 6.45) is 2.10. The van der Waals surface area contributed by atoms with Crippen LogP contribution in [0.3, 0.4) is 0 Å². The molecule has 0 saturated heterocycles. The lowest BCUT2D eigenvalue weighted by Gasteiger charge is -2.43. The highest BCUT2D eigenvalue weighted by Crippen LogP contribution is 2.33. The van der Waals surface area contributed by atoms with Crippen LogP contribution in [0.1, 0.15) is 38.4 Å². The van der Waals surface area contributed by atoms with E-state index in [9.17, 15) is 17.6 Å². The molecule has 0 unspecified atom stereocenters. The van der Waals surface area contributed by atoms with Crippen molar-refractivity contribution in [2.45, 2.75) is 45.5 Å². The smallest absolute Gasteiger partial charge is 0.380 e. The number of hydrogen-bond acceptors (Lipinski definition) is 7. The third-order valence-electron chi connectivity index (χ3n) is 7.06. The molecular formula is C30H38F4N8S. The molecule has 2 aliphatic rings. The fourth-order valence-electron chi connectivity index (χ4n) is 5.05. The van der Waals surface area contributed by atoms with Crippen LogP contribution in [0.4, 0.5) is 23.2 Å². The first-order valence-corrected chi connectivity index (χ1v) is 14.1. The molecule has 0 aliphatic carbocycles. The standard InChI is InChI=1S/C29H35F3N8S.CH3F/c1-19(20-9-11-37(5)16-20)33-14-22-15-34-27(36-22)26-13-23-24(7-6-8-25(23)38(26)18-29(30,31)32)35-21-10-12-39(28(2,3)4)40(41)17-21;1-2/h6-9,11,13,16-17,33,35,41H,1,10,12,14-15,18H2,2-5H3;1H3. The van der Waals surface area contributed by atoms with Gasteiger partial charge in [0.2, 0.25) is 0 Å². The van der Waals surface area contributed by atoms with Gasteiger partial charge in [-0.2, -0.15) is 13.2 Å². The number of nitrogens with zero attached hydrogens (tertiary/aromatic N) is 6. The first-order chi connectivity index (χ1) is 20.3. The van der Waals surface area contributed by atoms with Crippen LogP contribution < -0.4 is 10.6 Å². The van der Waals surface area contributed by atoms with E-state index in [0.29, 0.717) is 42.6 Å². The number of fused-ring (bicyclic) bond motifs is 1. The summed E-state index contributed by atoms with van der Waals surface area (Å²) in [4.78, 5) is 9.13. The van der Waals surface area contributed by atoms with Crippen LogP contribution in [0.5, 0.6) is 0 Å². The van der Waals surface area contributed by atoms with Crippen molar-refractivity contribution in [2.75, 3.05) is 32.1 Å². The van der Waals surface area contributed by atoms with Gasteiger partial charge in [0.15, 0.2) is 5.84 Å². The molecule has 0 bridgehead atoms. The topological polar surface area (TPSA) is 65.1 Å². The number of rotatable bonds is 8. The maximum atomic E-state index is 13.8. The van der Waals surface area contributed by atoms with Crippen molar-refractivity contribution < 1.29 is 17.6 Å². The fourth-order valence-corrected chi connectivity index (χ4v) is 5.55. The van der Waals surface area contributed by atoms with Gasteiger partial charge in [0, 0.05) is 72.2 Å². The average Bonchev–Trinajstić information content (AvgIpc) is 3.66. The summed E-state index contributed by atoms with van der Waals surface area (Å²) < 4.78 is 55.7. The first-order valence-electron chi connectivity index (χ1n) is 13.7. The van der Waals surface area contributed by atoms with E-state index in [1.165, 1.54) is 4.57 Å². The Morgan fingerprint density at radius 1 is 1.14 bits per heavy atom. The average molecular weight is 619 g/mol. The molecule has 8 nitrogen and oxygen atoms in total. The van der Waals surface area contributed by atoms with Gasteiger partial charge in [-0.05, 0) is 57.9 Å². The maximum Gasteiger partial charge on any atom is 0.406 e. The second-order valence-corrected chi connectivity index (χ2v) is 11.7. The van der Waals surface area contributed by atoms with Gasteiger partial charge in [-0.15, -0.1) is 0 Å². The van der Waals surface area contributed by atoms with Crippen molar-refractivity contribution in [3.63, 3.8) is 0 Å². The Hall–Kier alpha value is -3.71. The normalized spacial score (nSPS) is 16.0. The van der Waals surface area contributed by atoms with Gasteiger partial charge in [0.1, 0.15) is 6.54 Å². The van der Waals surface area contributed by atoms with Gasteiger partial charge < -0.3 is 19.8 Å². The molecule has 13 heteroatoms. The lowest BCUT2D eigenvalue weighted by atomic mass is 10.1. The van der Waals surface area contributed by atoms with Crippen LogP contribution in [0, 0.1) is 0 Å². The van der Waals surface area contributed by atoms with Gasteiger partial charge >= 0.3 is 6.18 Å². The van der Waals surface area contributed by atoms with Crippen LogP contribution in [0.25, 0.3) is 16.6 Å². The third-order valence-corrected chi connectivity index (χ3v) is 7.39. The second kappa shape index (κ2) is 12.9. The van der Waals surface area contributed by atoms with E-state index in [4.69, 9.17) is 0 Å². The van der Waals surface area contributed by atoms with Gasteiger partial charge in [-0.25, -0.2) is 10.0 Å². The molecule has 1 aromatic carbocycles. The number of hydrogen-bond donors (Lipinski definition) is 3. The lowest BCUT2D eigenvalue weighted by molar-refractivity contribution is -0.139. The van der Waals surface area contributed by atoms with E-state index in [-0.39, 0.29) is 11.4 Å². The molecule has 4 heterocycles. The largest absolute Gasteiger partial charge is 0.406 e. The van der Waals surface area contributed by atoms with Crippen LogP contribution >= 0.6 is 12.8 Å². The summed E-state index contributed by atoms with van der Waals surface area (Å²) in [6.45, 7) is 10.7. The van der Waals surface area contributed by atoms with Crippen molar-refractivity contribution in [2.24, 2.45) is 17.0 Å². The van der Waals surface area contributed by atoms with E-state index in [0.717, 1.165) is 35.6 Å². The number of anilines is 1. The zero-order valence-corrected chi connectivity index (χ0v) is 25.9. The van der Waals surface area contributed by atoms with E-state index >= 15 is 0 Å². The molecule has 3 aromatic rings. The fraction of sp³-hybridized carbons (Fsp3) is 0.400. The Kier molecular flexibility index (Phi) is 9.65. The summed E-state index contributed by atoms with van der Waals surface area (Å²) in [5.41, 5.74) is 4.74. The minimum atomic E-state index is -4.42. The van der Waals surface area contributed by atoms with E-state index < -0.39 is 12.7 Å².